The van der Waals surface area contributed by atoms with Crippen LogP contribution in [0.2, 0.25) is 0 Å². The smallest absolute Gasteiger partial charge is 0.340 e. The summed E-state index contributed by atoms with van der Waals surface area (Å²) in [7, 11) is 0. The van der Waals surface area contributed by atoms with Gasteiger partial charge in [-0.15, -0.1) is 0 Å². The maximum absolute atomic E-state index is 12.1. The molecule has 7 nitrogen and oxygen atoms in total. The molecule has 2 rings (SSSR count). The predicted octanol–water partition coefficient (Wildman–Crippen LogP) is 2.87. The Morgan fingerprint density at radius 1 is 0.962 bits per heavy atom. The molecule has 0 unspecified atom stereocenters. The summed E-state index contributed by atoms with van der Waals surface area (Å²) in [5.74, 6) is -0.923. The van der Waals surface area contributed by atoms with Crippen molar-refractivity contribution in [2.75, 3.05) is 29.1 Å². The van der Waals surface area contributed by atoms with Gasteiger partial charge in [-0.05, 0) is 37.3 Å². The number of esters is 1. The van der Waals surface area contributed by atoms with Crippen LogP contribution in [0.4, 0.5) is 17.1 Å². The number of carbonyl (C=O) groups is 3. The fraction of sp³-hybridized carbons (Fsp3) is 0.211. The normalized spacial score (nSPS) is 9.92. The van der Waals surface area contributed by atoms with Crippen LogP contribution in [0, 0.1) is 0 Å². The third-order valence-electron chi connectivity index (χ3n) is 3.33. The maximum Gasteiger partial charge on any atom is 0.340 e. The van der Waals surface area contributed by atoms with E-state index in [-0.39, 0.29) is 25.0 Å². The van der Waals surface area contributed by atoms with E-state index in [1.54, 1.807) is 55.5 Å². The molecule has 0 aliphatic rings. The molecular weight excluding hydrogens is 334 g/mol. The number of benzene rings is 2. The van der Waals surface area contributed by atoms with Gasteiger partial charge >= 0.3 is 5.97 Å². The molecule has 2 aromatic carbocycles. The largest absolute Gasteiger partial charge is 0.462 e. The highest BCUT2D eigenvalue weighted by Gasteiger charge is 2.12. The third-order valence-corrected chi connectivity index (χ3v) is 3.33. The van der Waals surface area contributed by atoms with Gasteiger partial charge < -0.3 is 20.7 Å². The van der Waals surface area contributed by atoms with Gasteiger partial charge in [0, 0.05) is 24.0 Å². The SMILES string of the molecule is CCOC(=O)c1ccccc1NCC(=O)Nc1cccc(NC(C)=O)c1. The third kappa shape index (κ3) is 5.62. The molecule has 0 fully saturated rings. The van der Waals surface area contributed by atoms with Crippen LogP contribution in [0.15, 0.2) is 48.5 Å². The first-order valence-electron chi connectivity index (χ1n) is 8.17. The van der Waals surface area contributed by atoms with Crippen molar-refractivity contribution in [2.24, 2.45) is 0 Å². The summed E-state index contributed by atoms with van der Waals surface area (Å²) in [4.78, 5) is 35.2. The topological polar surface area (TPSA) is 96.5 Å². The molecule has 26 heavy (non-hydrogen) atoms. The second-order valence-electron chi connectivity index (χ2n) is 5.43. The van der Waals surface area contributed by atoms with Gasteiger partial charge in [-0.2, -0.15) is 0 Å². The number of para-hydroxylation sites is 1. The zero-order chi connectivity index (χ0) is 18.9. The van der Waals surface area contributed by atoms with Crippen LogP contribution >= 0.6 is 0 Å². The molecule has 2 aromatic rings. The first kappa shape index (κ1) is 19.0. The van der Waals surface area contributed by atoms with Gasteiger partial charge in [0.25, 0.3) is 0 Å². The first-order chi connectivity index (χ1) is 12.5. The number of rotatable bonds is 7. The fourth-order valence-electron chi connectivity index (χ4n) is 2.28. The van der Waals surface area contributed by atoms with Crippen LogP contribution in [0.3, 0.4) is 0 Å². The summed E-state index contributed by atoms with van der Waals surface area (Å²) in [5, 5.41) is 8.32. The average molecular weight is 355 g/mol. The lowest BCUT2D eigenvalue weighted by atomic mass is 10.2. The minimum atomic E-state index is -0.445. The van der Waals surface area contributed by atoms with Gasteiger partial charge in [0.2, 0.25) is 11.8 Å². The van der Waals surface area contributed by atoms with Gasteiger partial charge in [-0.1, -0.05) is 18.2 Å². The molecule has 0 saturated heterocycles. The highest BCUT2D eigenvalue weighted by molar-refractivity contribution is 5.98. The average Bonchev–Trinajstić information content (AvgIpc) is 2.60. The van der Waals surface area contributed by atoms with Crippen molar-refractivity contribution in [1.29, 1.82) is 0 Å². The molecule has 0 spiro atoms. The van der Waals surface area contributed by atoms with Crippen LogP contribution in [-0.2, 0) is 14.3 Å². The minimum absolute atomic E-state index is 0.0270. The zero-order valence-electron chi connectivity index (χ0n) is 14.7. The molecule has 136 valence electrons. The number of anilines is 3. The molecule has 0 atom stereocenters. The van der Waals surface area contributed by atoms with Crippen LogP contribution in [-0.4, -0.2) is 30.9 Å². The molecule has 0 heterocycles. The summed E-state index contributed by atoms with van der Waals surface area (Å²) in [5.41, 5.74) is 2.04. The highest BCUT2D eigenvalue weighted by Crippen LogP contribution is 2.17. The van der Waals surface area contributed by atoms with Gasteiger partial charge in [0.15, 0.2) is 0 Å². The maximum atomic E-state index is 12.1. The summed E-state index contributed by atoms with van der Waals surface area (Å²) in [6, 6.07) is 13.7. The van der Waals surface area contributed by atoms with E-state index in [0.717, 1.165) is 0 Å². The number of ether oxygens (including phenoxy) is 1. The molecule has 0 saturated carbocycles. The second kappa shape index (κ2) is 9.22. The number of amides is 2. The van der Waals surface area contributed by atoms with E-state index in [9.17, 15) is 14.4 Å². The number of carbonyl (C=O) groups excluding carboxylic acids is 3. The van der Waals surface area contributed by atoms with Gasteiger partial charge in [-0.3, -0.25) is 9.59 Å². The van der Waals surface area contributed by atoms with Crippen molar-refractivity contribution < 1.29 is 19.1 Å². The Morgan fingerprint density at radius 2 is 1.65 bits per heavy atom. The Labute approximate surface area is 151 Å². The Morgan fingerprint density at radius 3 is 2.35 bits per heavy atom. The Bertz CT molecular complexity index is 805. The van der Waals surface area contributed by atoms with E-state index in [1.165, 1.54) is 6.92 Å². The Balaban J connectivity index is 1.97. The van der Waals surface area contributed by atoms with Crippen molar-refractivity contribution >= 4 is 34.8 Å². The lowest BCUT2D eigenvalue weighted by Crippen LogP contribution is -2.23. The molecular formula is C19H21N3O4. The van der Waals surface area contributed by atoms with E-state index in [4.69, 9.17) is 4.74 Å². The van der Waals surface area contributed by atoms with E-state index in [0.29, 0.717) is 22.6 Å². The van der Waals surface area contributed by atoms with Crippen molar-refractivity contribution in [3.8, 4) is 0 Å². The molecule has 7 heteroatoms. The summed E-state index contributed by atoms with van der Waals surface area (Å²) in [6.45, 7) is 3.39. The summed E-state index contributed by atoms with van der Waals surface area (Å²) >= 11 is 0. The van der Waals surface area contributed by atoms with Gasteiger partial charge in [-0.25, -0.2) is 4.79 Å². The zero-order valence-corrected chi connectivity index (χ0v) is 14.7. The standard InChI is InChI=1S/C19H21N3O4/c1-3-26-19(25)16-9-4-5-10-17(16)20-12-18(24)22-15-8-6-7-14(11-15)21-13(2)23/h4-11,20H,3,12H2,1-2H3,(H,21,23)(H,22,24). The van der Waals surface area contributed by atoms with Crippen LogP contribution < -0.4 is 16.0 Å². The molecule has 0 bridgehead atoms. The first-order valence-corrected chi connectivity index (χ1v) is 8.17. The van der Waals surface area contributed by atoms with Crippen LogP contribution in [0.1, 0.15) is 24.2 Å². The van der Waals surface area contributed by atoms with E-state index in [1.807, 2.05) is 0 Å². The van der Waals surface area contributed by atoms with Crippen LogP contribution in [0.25, 0.3) is 0 Å². The molecule has 2 amide bonds. The fourth-order valence-corrected chi connectivity index (χ4v) is 2.28. The van der Waals surface area contributed by atoms with Crippen molar-refractivity contribution in [3.63, 3.8) is 0 Å². The molecule has 3 N–H and O–H groups in total. The molecule has 0 aromatic heterocycles. The van der Waals surface area contributed by atoms with Crippen molar-refractivity contribution in [2.45, 2.75) is 13.8 Å². The molecule has 0 aliphatic heterocycles. The number of hydrogen-bond acceptors (Lipinski definition) is 5. The quantitative estimate of drug-likeness (QED) is 0.664. The van der Waals surface area contributed by atoms with E-state index in [2.05, 4.69) is 16.0 Å². The van der Waals surface area contributed by atoms with E-state index >= 15 is 0 Å². The van der Waals surface area contributed by atoms with Crippen molar-refractivity contribution in [3.05, 3.63) is 54.1 Å². The summed E-state index contributed by atoms with van der Waals surface area (Å²) < 4.78 is 5.00. The van der Waals surface area contributed by atoms with E-state index < -0.39 is 5.97 Å². The Kier molecular flexibility index (Phi) is 6.73. The van der Waals surface area contributed by atoms with Gasteiger partial charge in [0.05, 0.1) is 18.7 Å². The number of nitrogens with one attached hydrogen (secondary N) is 3. The van der Waals surface area contributed by atoms with Gasteiger partial charge in [0.1, 0.15) is 0 Å². The monoisotopic (exact) mass is 355 g/mol. The lowest BCUT2D eigenvalue weighted by Gasteiger charge is -2.12. The second-order valence-corrected chi connectivity index (χ2v) is 5.43. The summed E-state index contributed by atoms with van der Waals surface area (Å²) in [6.07, 6.45) is 0. The predicted molar refractivity (Wildman–Crippen MR) is 100 cm³/mol. The lowest BCUT2D eigenvalue weighted by molar-refractivity contribution is -0.115. The molecule has 0 radical (unpaired) electrons. The highest BCUT2D eigenvalue weighted by atomic mass is 16.5. The minimum Gasteiger partial charge on any atom is -0.462 e. The molecule has 0 aliphatic carbocycles. The van der Waals surface area contributed by atoms with Crippen molar-refractivity contribution in [1.82, 2.24) is 0 Å². The Hall–Kier alpha value is -3.35. The van der Waals surface area contributed by atoms with Crippen LogP contribution in [0.5, 0.6) is 0 Å². The number of hydrogen-bond donors (Lipinski definition) is 3.